The van der Waals surface area contributed by atoms with Crippen molar-refractivity contribution < 1.29 is 8.42 Å². The third-order valence-electron chi connectivity index (χ3n) is 4.68. The zero-order valence-electron chi connectivity index (χ0n) is 11.1. The number of nitrogens with one attached hydrogen (secondary N) is 1. The second-order valence-electron chi connectivity index (χ2n) is 6.46. The Bertz CT molecular complexity index is 646. The van der Waals surface area contributed by atoms with Crippen molar-refractivity contribution in [2.45, 2.75) is 42.9 Å². The van der Waals surface area contributed by atoms with Crippen LogP contribution in [0.4, 0.5) is 5.82 Å². The van der Waals surface area contributed by atoms with Crippen LogP contribution in [0.3, 0.4) is 0 Å². The number of hydrogen-bond donors (Lipinski definition) is 2. The minimum Gasteiger partial charge on any atom is -0.320 e. The van der Waals surface area contributed by atoms with Crippen molar-refractivity contribution in [1.29, 1.82) is 0 Å². The topological polar surface area (TPSA) is 98.0 Å². The maximum absolute atomic E-state index is 11.9. The molecule has 3 saturated carbocycles. The summed E-state index contributed by atoms with van der Waals surface area (Å²) in [5, 5.41) is -0.265. The average Bonchev–Trinajstić information content (AvgIpc) is 3.28. The number of fused-ring (bicyclic) bond motifs is 1. The molecule has 20 heavy (non-hydrogen) atoms. The lowest BCUT2D eigenvalue weighted by Gasteiger charge is -2.25. The first-order chi connectivity index (χ1) is 9.46. The SMILES string of the molecule is NC1(c2cncc(NS(=O)(=O)C3CC3)n2)CC2CC2C1. The van der Waals surface area contributed by atoms with Gasteiger partial charge in [0, 0.05) is 0 Å². The zero-order chi connectivity index (χ0) is 14.0. The van der Waals surface area contributed by atoms with Crippen molar-refractivity contribution in [1.82, 2.24) is 9.97 Å². The Balaban J connectivity index is 1.58. The summed E-state index contributed by atoms with van der Waals surface area (Å²) in [5.74, 6) is 1.75. The van der Waals surface area contributed by atoms with Crippen molar-refractivity contribution in [3.63, 3.8) is 0 Å². The molecule has 0 radical (unpaired) electrons. The molecule has 0 aromatic carbocycles. The number of hydrogen-bond acceptors (Lipinski definition) is 5. The highest BCUT2D eigenvalue weighted by Gasteiger charge is 2.53. The van der Waals surface area contributed by atoms with Crippen LogP contribution in [-0.4, -0.2) is 23.6 Å². The van der Waals surface area contributed by atoms with Crippen molar-refractivity contribution >= 4 is 15.8 Å². The van der Waals surface area contributed by atoms with Gasteiger partial charge in [-0.3, -0.25) is 9.71 Å². The van der Waals surface area contributed by atoms with Crippen molar-refractivity contribution in [2.24, 2.45) is 17.6 Å². The molecular formula is C13H18N4O2S. The Morgan fingerprint density at radius 2 is 1.95 bits per heavy atom. The van der Waals surface area contributed by atoms with Gasteiger partial charge in [-0.2, -0.15) is 0 Å². The molecule has 4 rings (SSSR count). The predicted molar refractivity (Wildman–Crippen MR) is 74.3 cm³/mol. The highest BCUT2D eigenvalue weighted by molar-refractivity contribution is 7.93. The van der Waals surface area contributed by atoms with Crippen LogP contribution in [0, 0.1) is 11.8 Å². The van der Waals surface area contributed by atoms with Crippen LogP contribution in [0.1, 0.15) is 37.8 Å². The summed E-state index contributed by atoms with van der Waals surface area (Å²) in [6, 6.07) is 0. The molecular weight excluding hydrogens is 276 g/mol. The Kier molecular flexibility index (Phi) is 2.45. The molecule has 3 N–H and O–H groups in total. The van der Waals surface area contributed by atoms with Gasteiger partial charge in [0.15, 0.2) is 5.82 Å². The van der Waals surface area contributed by atoms with Crippen LogP contribution < -0.4 is 10.5 Å². The van der Waals surface area contributed by atoms with E-state index in [0.717, 1.165) is 37.5 Å². The number of aromatic nitrogens is 2. The Labute approximate surface area is 118 Å². The van der Waals surface area contributed by atoms with E-state index in [9.17, 15) is 8.42 Å². The number of sulfonamides is 1. The lowest BCUT2D eigenvalue weighted by atomic mass is 9.91. The molecule has 3 aliphatic carbocycles. The minimum atomic E-state index is -3.30. The summed E-state index contributed by atoms with van der Waals surface area (Å²) < 4.78 is 26.4. The fourth-order valence-corrected chi connectivity index (χ4v) is 4.61. The number of anilines is 1. The molecule has 0 amide bonds. The summed E-state index contributed by atoms with van der Waals surface area (Å²) >= 11 is 0. The fourth-order valence-electron chi connectivity index (χ4n) is 3.30. The van der Waals surface area contributed by atoms with Gasteiger partial charge in [-0.05, 0) is 43.9 Å². The lowest BCUT2D eigenvalue weighted by molar-refractivity contribution is 0.398. The summed E-state index contributed by atoms with van der Waals surface area (Å²) in [5.41, 5.74) is 6.71. The molecule has 3 fully saturated rings. The lowest BCUT2D eigenvalue weighted by Crippen LogP contribution is -2.36. The van der Waals surface area contributed by atoms with Crippen LogP contribution in [-0.2, 0) is 15.6 Å². The Morgan fingerprint density at radius 1 is 1.25 bits per heavy atom. The number of nitrogens with two attached hydrogens (primary N) is 1. The molecule has 3 aliphatic rings. The van der Waals surface area contributed by atoms with E-state index in [1.165, 1.54) is 12.6 Å². The third kappa shape index (κ3) is 2.09. The molecule has 7 heteroatoms. The third-order valence-corrected chi connectivity index (χ3v) is 6.52. The molecule has 0 spiro atoms. The van der Waals surface area contributed by atoms with E-state index in [-0.39, 0.29) is 5.25 Å². The minimum absolute atomic E-state index is 0.265. The van der Waals surface area contributed by atoms with Crippen LogP contribution >= 0.6 is 0 Å². The fraction of sp³-hybridized carbons (Fsp3) is 0.692. The van der Waals surface area contributed by atoms with Gasteiger partial charge in [0.05, 0.1) is 28.9 Å². The molecule has 0 aliphatic heterocycles. The quantitative estimate of drug-likeness (QED) is 0.862. The van der Waals surface area contributed by atoms with E-state index in [1.54, 1.807) is 6.20 Å². The molecule has 2 atom stereocenters. The van der Waals surface area contributed by atoms with Gasteiger partial charge in [0.1, 0.15) is 0 Å². The molecule has 1 heterocycles. The van der Waals surface area contributed by atoms with Gasteiger partial charge in [0.2, 0.25) is 10.0 Å². The van der Waals surface area contributed by atoms with E-state index in [1.807, 2.05) is 0 Å². The summed E-state index contributed by atoms with van der Waals surface area (Å²) in [6.45, 7) is 0. The van der Waals surface area contributed by atoms with Crippen molar-refractivity contribution in [3.8, 4) is 0 Å². The molecule has 1 aromatic heterocycles. The molecule has 108 valence electrons. The molecule has 1 aromatic rings. The summed E-state index contributed by atoms with van der Waals surface area (Å²) in [7, 11) is -3.30. The van der Waals surface area contributed by atoms with Gasteiger partial charge in [-0.25, -0.2) is 13.4 Å². The average molecular weight is 294 g/mol. The first kappa shape index (κ1) is 12.5. The standard InChI is InChI=1S/C13H18N4O2S/c14-13(4-8-3-9(8)5-13)11-6-15-7-12(16-11)17-20(18,19)10-1-2-10/h6-10H,1-5,14H2,(H,16,17). The highest BCUT2D eigenvalue weighted by atomic mass is 32.2. The second-order valence-corrected chi connectivity index (χ2v) is 8.42. The van der Waals surface area contributed by atoms with Crippen LogP contribution in [0.25, 0.3) is 0 Å². The van der Waals surface area contributed by atoms with Gasteiger partial charge in [0.25, 0.3) is 0 Å². The Morgan fingerprint density at radius 3 is 2.60 bits per heavy atom. The summed E-state index contributed by atoms with van der Waals surface area (Å²) in [4.78, 5) is 8.51. The van der Waals surface area contributed by atoms with E-state index in [2.05, 4.69) is 14.7 Å². The van der Waals surface area contributed by atoms with Gasteiger partial charge < -0.3 is 5.73 Å². The van der Waals surface area contributed by atoms with Crippen LogP contribution in [0.15, 0.2) is 12.4 Å². The molecule has 0 saturated heterocycles. The Hall–Kier alpha value is -1.21. The molecule has 2 unspecified atom stereocenters. The van der Waals surface area contributed by atoms with Gasteiger partial charge in [-0.1, -0.05) is 0 Å². The summed E-state index contributed by atoms with van der Waals surface area (Å²) in [6.07, 6.45) is 7.72. The normalized spacial score (nSPS) is 35.6. The van der Waals surface area contributed by atoms with E-state index in [4.69, 9.17) is 5.73 Å². The smallest absolute Gasteiger partial charge is 0.236 e. The first-order valence-electron chi connectivity index (χ1n) is 7.09. The largest absolute Gasteiger partial charge is 0.320 e. The van der Waals surface area contributed by atoms with Gasteiger partial charge in [-0.15, -0.1) is 0 Å². The van der Waals surface area contributed by atoms with Gasteiger partial charge >= 0.3 is 0 Å². The molecule has 0 bridgehead atoms. The monoisotopic (exact) mass is 294 g/mol. The van der Waals surface area contributed by atoms with E-state index in [0.29, 0.717) is 11.5 Å². The van der Waals surface area contributed by atoms with Crippen LogP contribution in [0.5, 0.6) is 0 Å². The molecule has 6 nitrogen and oxygen atoms in total. The van der Waals surface area contributed by atoms with Crippen molar-refractivity contribution in [3.05, 3.63) is 18.1 Å². The predicted octanol–water partition coefficient (Wildman–Crippen LogP) is 0.965. The zero-order valence-corrected chi connectivity index (χ0v) is 11.9. The number of rotatable bonds is 4. The van der Waals surface area contributed by atoms with Crippen LogP contribution in [0.2, 0.25) is 0 Å². The second kappa shape index (κ2) is 3.92. The van der Waals surface area contributed by atoms with E-state index < -0.39 is 15.6 Å². The maximum atomic E-state index is 11.9. The highest BCUT2D eigenvalue weighted by Crippen LogP contribution is 2.58. The number of nitrogens with zero attached hydrogens (tertiary/aromatic N) is 2. The van der Waals surface area contributed by atoms with E-state index >= 15 is 0 Å². The maximum Gasteiger partial charge on any atom is 0.236 e. The van der Waals surface area contributed by atoms with Crippen molar-refractivity contribution in [2.75, 3.05) is 4.72 Å². The first-order valence-corrected chi connectivity index (χ1v) is 8.64.